The van der Waals surface area contributed by atoms with E-state index in [0.29, 0.717) is 0 Å². The summed E-state index contributed by atoms with van der Waals surface area (Å²) in [5.74, 6) is 0. The van der Waals surface area contributed by atoms with Crippen molar-refractivity contribution in [3.8, 4) is 27.9 Å². The van der Waals surface area contributed by atoms with Gasteiger partial charge in [0.05, 0.1) is 16.7 Å². The summed E-state index contributed by atoms with van der Waals surface area (Å²) in [6.07, 6.45) is 0. The predicted octanol–water partition coefficient (Wildman–Crippen LogP) is 15.0. The number of aromatic nitrogens is 1. The highest BCUT2D eigenvalue weighted by Crippen LogP contribution is 2.45. The first-order valence-corrected chi connectivity index (χ1v) is 19.3. The molecule has 56 heavy (non-hydrogen) atoms. The predicted molar refractivity (Wildman–Crippen MR) is 239 cm³/mol. The van der Waals surface area contributed by atoms with E-state index in [1.165, 1.54) is 76.4 Å². The van der Waals surface area contributed by atoms with Gasteiger partial charge in [-0.15, -0.1) is 0 Å². The summed E-state index contributed by atoms with van der Waals surface area (Å²) < 4.78 is 2.39. The Bertz CT molecular complexity index is 3250. The average molecular weight is 713 g/mol. The van der Waals surface area contributed by atoms with Crippen molar-refractivity contribution < 1.29 is 0 Å². The number of fused-ring (bicyclic) bond motifs is 6. The monoisotopic (exact) mass is 712 g/mol. The van der Waals surface area contributed by atoms with E-state index < -0.39 is 0 Å². The van der Waals surface area contributed by atoms with Crippen LogP contribution in [-0.2, 0) is 0 Å². The second kappa shape index (κ2) is 13.2. The average Bonchev–Trinajstić information content (AvgIpc) is 3.61. The molecule has 11 aromatic rings. The Hall–Kier alpha value is -7.42. The number of nitrogens with zero attached hydrogens (tertiary/aromatic N) is 2. The molecule has 262 valence electrons. The first-order chi connectivity index (χ1) is 27.7. The Morgan fingerprint density at radius 3 is 1.54 bits per heavy atom. The molecule has 0 saturated heterocycles. The molecule has 0 saturated carbocycles. The lowest BCUT2D eigenvalue weighted by Crippen LogP contribution is -2.10. The Morgan fingerprint density at radius 2 is 0.804 bits per heavy atom. The van der Waals surface area contributed by atoms with Gasteiger partial charge in [0.2, 0.25) is 0 Å². The van der Waals surface area contributed by atoms with E-state index in [0.717, 1.165) is 22.7 Å². The summed E-state index contributed by atoms with van der Waals surface area (Å²) in [6, 6.07) is 79.6. The molecule has 2 nitrogen and oxygen atoms in total. The molecule has 0 atom stereocenters. The number of para-hydroxylation sites is 2. The van der Waals surface area contributed by atoms with Crippen LogP contribution in [0.5, 0.6) is 0 Å². The van der Waals surface area contributed by atoms with Gasteiger partial charge in [-0.3, -0.25) is 0 Å². The molecule has 0 N–H and O–H groups in total. The molecule has 11 rings (SSSR count). The van der Waals surface area contributed by atoms with Crippen LogP contribution in [-0.4, -0.2) is 4.57 Å². The van der Waals surface area contributed by atoms with E-state index in [-0.39, 0.29) is 0 Å². The third kappa shape index (κ3) is 5.42. The molecule has 0 aliphatic heterocycles. The molecule has 0 fully saturated rings. The lowest BCUT2D eigenvalue weighted by Gasteiger charge is -2.27. The number of benzene rings is 10. The summed E-state index contributed by atoms with van der Waals surface area (Å²) >= 11 is 0. The van der Waals surface area contributed by atoms with Gasteiger partial charge in [0.15, 0.2) is 0 Å². The van der Waals surface area contributed by atoms with Crippen LogP contribution in [0.3, 0.4) is 0 Å². The third-order valence-corrected chi connectivity index (χ3v) is 11.3. The molecule has 0 amide bonds. The van der Waals surface area contributed by atoms with Crippen LogP contribution >= 0.6 is 0 Å². The zero-order valence-electron chi connectivity index (χ0n) is 30.7. The second-order valence-corrected chi connectivity index (χ2v) is 14.6. The van der Waals surface area contributed by atoms with Crippen LogP contribution < -0.4 is 4.90 Å². The van der Waals surface area contributed by atoms with Gasteiger partial charge in [-0.25, -0.2) is 0 Å². The number of hydrogen-bond donors (Lipinski definition) is 0. The Balaban J connectivity index is 1.08. The molecule has 1 heterocycles. The fraction of sp³-hybridized carbons (Fsp3) is 0. The fourth-order valence-corrected chi connectivity index (χ4v) is 8.57. The first kappa shape index (κ1) is 32.0. The van der Waals surface area contributed by atoms with Crippen LogP contribution in [0.1, 0.15) is 0 Å². The normalized spacial score (nSPS) is 11.6. The fourth-order valence-electron chi connectivity index (χ4n) is 8.57. The van der Waals surface area contributed by atoms with Crippen LogP contribution in [0.4, 0.5) is 17.1 Å². The van der Waals surface area contributed by atoms with E-state index in [1.54, 1.807) is 0 Å². The minimum atomic E-state index is 1.11. The van der Waals surface area contributed by atoms with E-state index in [1.807, 2.05) is 0 Å². The Kier molecular flexibility index (Phi) is 7.53. The smallest absolute Gasteiger partial charge is 0.0562 e. The maximum absolute atomic E-state index is 2.45. The minimum Gasteiger partial charge on any atom is -0.310 e. The topological polar surface area (TPSA) is 8.17 Å². The molecule has 0 radical (unpaired) electrons. The van der Waals surface area contributed by atoms with Crippen LogP contribution in [0, 0.1) is 0 Å². The van der Waals surface area contributed by atoms with Crippen molar-refractivity contribution in [3.63, 3.8) is 0 Å². The van der Waals surface area contributed by atoms with Crippen molar-refractivity contribution in [3.05, 3.63) is 218 Å². The SMILES string of the molecule is c1ccc(-c2ccc3cc(-c4ccc5ccc(N(c6ccc7ccccc7c6)c6cccc7c6c6ccccc6n7-c6ccccc6)cc5c4)ccc3c2)cc1. The maximum atomic E-state index is 2.45. The standard InChI is InChI=1S/C54H36N2/c1-3-12-37(13-4-1)41-24-25-43-33-44(27-26-42(43)32-41)45-23-22-39-29-31-49(36-46(39)34-45)55(48-30-28-38-14-7-8-15-40(38)35-48)52-20-11-21-53-54(52)50-18-9-10-19-51(50)56(53)47-16-5-2-6-17-47/h1-36H. The molecule has 0 spiro atoms. The summed E-state index contributed by atoms with van der Waals surface area (Å²) in [7, 11) is 0. The third-order valence-electron chi connectivity index (χ3n) is 11.3. The lowest BCUT2D eigenvalue weighted by molar-refractivity contribution is 1.18. The summed E-state index contributed by atoms with van der Waals surface area (Å²) in [6.45, 7) is 0. The summed E-state index contributed by atoms with van der Waals surface area (Å²) in [4.78, 5) is 2.45. The van der Waals surface area contributed by atoms with Crippen molar-refractivity contribution >= 4 is 71.2 Å². The van der Waals surface area contributed by atoms with E-state index in [4.69, 9.17) is 0 Å². The van der Waals surface area contributed by atoms with Gasteiger partial charge in [-0.2, -0.15) is 0 Å². The molecule has 1 aromatic heterocycles. The molecular formula is C54H36N2. The number of rotatable bonds is 6. The number of hydrogen-bond acceptors (Lipinski definition) is 1. The van der Waals surface area contributed by atoms with Crippen molar-refractivity contribution in [2.45, 2.75) is 0 Å². The summed E-state index contributed by atoms with van der Waals surface area (Å²) in [5.41, 5.74) is 11.8. The van der Waals surface area contributed by atoms with Gasteiger partial charge >= 0.3 is 0 Å². The van der Waals surface area contributed by atoms with Gasteiger partial charge in [-0.05, 0) is 127 Å². The van der Waals surface area contributed by atoms with Crippen molar-refractivity contribution in [2.75, 3.05) is 4.90 Å². The minimum absolute atomic E-state index is 1.11. The van der Waals surface area contributed by atoms with E-state index >= 15 is 0 Å². The Morgan fingerprint density at radius 1 is 0.304 bits per heavy atom. The van der Waals surface area contributed by atoms with Gasteiger partial charge in [0, 0.05) is 27.8 Å². The van der Waals surface area contributed by atoms with E-state index in [9.17, 15) is 0 Å². The van der Waals surface area contributed by atoms with Gasteiger partial charge in [-0.1, -0.05) is 146 Å². The molecule has 0 unspecified atom stereocenters. The highest BCUT2D eigenvalue weighted by molar-refractivity contribution is 6.17. The molecule has 2 heteroatoms. The highest BCUT2D eigenvalue weighted by Gasteiger charge is 2.21. The highest BCUT2D eigenvalue weighted by atomic mass is 15.1. The summed E-state index contributed by atoms with van der Waals surface area (Å²) in [5, 5.41) is 9.78. The van der Waals surface area contributed by atoms with E-state index in [2.05, 4.69) is 228 Å². The molecule has 0 aliphatic carbocycles. The largest absolute Gasteiger partial charge is 0.310 e. The van der Waals surface area contributed by atoms with Gasteiger partial charge in [0.1, 0.15) is 0 Å². The quantitative estimate of drug-likeness (QED) is 0.167. The lowest BCUT2D eigenvalue weighted by atomic mass is 9.96. The van der Waals surface area contributed by atoms with Crippen molar-refractivity contribution in [2.24, 2.45) is 0 Å². The molecule has 10 aromatic carbocycles. The van der Waals surface area contributed by atoms with Crippen molar-refractivity contribution in [1.82, 2.24) is 4.57 Å². The maximum Gasteiger partial charge on any atom is 0.0562 e. The second-order valence-electron chi connectivity index (χ2n) is 14.6. The van der Waals surface area contributed by atoms with Crippen LogP contribution in [0.15, 0.2) is 218 Å². The first-order valence-electron chi connectivity index (χ1n) is 19.3. The molecule has 0 bridgehead atoms. The van der Waals surface area contributed by atoms with Crippen molar-refractivity contribution in [1.29, 1.82) is 0 Å². The zero-order valence-corrected chi connectivity index (χ0v) is 30.7. The van der Waals surface area contributed by atoms with Crippen LogP contribution in [0.2, 0.25) is 0 Å². The molecular weight excluding hydrogens is 677 g/mol. The Labute approximate surface area is 325 Å². The van der Waals surface area contributed by atoms with Crippen LogP contribution in [0.25, 0.3) is 82.1 Å². The van der Waals surface area contributed by atoms with Gasteiger partial charge in [0.25, 0.3) is 0 Å². The zero-order chi connectivity index (χ0) is 37.0. The van der Waals surface area contributed by atoms with Gasteiger partial charge < -0.3 is 9.47 Å². The molecule has 0 aliphatic rings. The number of anilines is 3.